The molecule has 0 saturated carbocycles. The number of rotatable bonds is 10. The third-order valence-corrected chi connectivity index (χ3v) is 11.2. The summed E-state index contributed by atoms with van der Waals surface area (Å²) in [7, 11) is 0. The van der Waals surface area contributed by atoms with Crippen LogP contribution in [0.3, 0.4) is 0 Å². The van der Waals surface area contributed by atoms with Crippen LogP contribution in [0.25, 0.3) is 11.1 Å². The number of fused-ring (bicyclic) bond motifs is 3. The van der Waals surface area contributed by atoms with Gasteiger partial charge in [0.15, 0.2) is 0 Å². The van der Waals surface area contributed by atoms with Crippen molar-refractivity contribution in [1.82, 2.24) is 15.5 Å². The van der Waals surface area contributed by atoms with Crippen LogP contribution >= 0.6 is 11.8 Å². The fourth-order valence-electron chi connectivity index (χ4n) is 7.26. The summed E-state index contributed by atoms with van der Waals surface area (Å²) in [6.07, 6.45) is 5.63. The first-order chi connectivity index (χ1) is 25.4. The van der Waals surface area contributed by atoms with Crippen LogP contribution in [0.5, 0.6) is 0 Å². The van der Waals surface area contributed by atoms with Crippen LogP contribution in [-0.4, -0.2) is 84.1 Å². The van der Waals surface area contributed by atoms with Gasteiger partial charge in [-0.2, -0.15) is 11.8 Å². The Hall–Kier alpha value is -4.61. The zero-order valence-electron chi connectivity index (χ0n) is 29.3. The molecule has 1 aliphatic carbocycles. The molecule has 2 heterocycles. The monoisotopic (exact) mass is 725 g/mol. The van der Waals surface area contributed by atoms with Gasteiger partial charge in [0.2, 0.25) is 11.8 Å². The molecule has 4 atom stereocenters. The van der Waals surface area contributed by atoms with Crippen LogP contribution in [0.2, 0.25) is 0 Å². The van der Waals surface area contributed by atoms with Crippen molar-refractivity contribution in [3.8, 4) is 11.1 Å². The van der Waals surface area contributed by atoms with Gasteiger partial charge in [-0.3, -0.25) is 9.59 Å². The van der Waals surface area contributed by atoms with E-state index in [-0.39, 0.29) is 56.4 Å². The van der Waals surface area contributed by atoms with Crippen molar-refractivity contribution in [1.29, 1.82) is 0 Å². The molecule has 0 bridgehead atoms. The number of amides is 3. The van der Waals surface area contributed by atoms with Crippen LogP contribution in [0, 0.1) is 5.92 Å². The Morgan fingerprint density at radius 2 is 1.65 bits per heavy atom. The van der Waals surface area contributed by atoms with Crippen LogP contribution in [0.4, 0.5) is 4.79 Å². The van der Waals surface area contributed by atoms with E-state index in [1.165, 1.54) is 0 Å². The van der Waals surface area contributed by atoms with Gasteiger partial charge >= 0.3 is 12.1 Å². The Morgan fingerprint density at radius 3 is 2.38 bits per heavy atom. The number of aliphatic hydroxyl groups excluding tert-OH is 1. The third-order valence-electron chi connectivity index (χ3n) is 10.0. The Morgan fingerprint density at radius 1 is 0.942 bits per heavy atom. The molecule has 0 unspecified atom stereocenters. The third kappa shape index (κ3) is 9.43. The van der Waals surface area contributed by atoms with Gasteiger partial charge in [-0.15, -0.1) is 0 Å². The molecule has 3 aromatic carbocycles. The van der Waals surface area contributed by atoms with E-state index in [0.29, 0.717) is 30.9 Å². The van der Waals surface area contributed by atoms with E-state index in [4.69, 9.17) is 9.47 Å². The molecule has 274 valence electrons. The number of aliphatic hydroxyl groups is 1. The van der Waals surface area contributed by atoms with Gasteiger partial charge in [-0.1, -0.05) is 91.0 Å². The number of alkyl carbamates (subject to hydrolysis) is 1. The number of cyclic esters (lactones) is 1. The summed E-state index contributed by atoms with van der Waals surface area (Å²) in [6, 6.07) is 24.4. The topological polar surface area (TPSA) is 134 Å². The van der Waals surface area contributed by atoms with Gasteiger partial charge in [0.05, 0.1) is 24.6 Å². The average Bonchev–Trinajstić information content (AvgIpc) is 3.78. The SMILES string of the molecule is O=C(N[C@H]1CCC=CC[C@H](CC(=O)N2CCC[C@H]2CO)C(=O)N[C@@H](CSCc2ccccc2)COC1=O)OCC1c2ccccc2-c2ccccc21. The molecule has 1 fully saturated rings. The molecule has 10 nitrogen and oxygen atoms in total. The molecule has 0 radical (unpaired) electrons. The fourth-order valence-corrected chi connectivity index (χ4v) is 8.27. The molecule has 3 aromatic rings. The highest BCUT2D eigenvalue weighted by atomic mass is 32.2. The number of carbonyl (C=O) groups excluding carboxylic acids is 4. The van der Waals surface area contributed by atoms with Gasteiger partial charge < -0.3 is 30.1 Å². The fraction of sp³-hybridized carbons (Fsp3) is 0.415. The van der Waals surface area contributed by atoms with Crippen LogP contribution in [0.15, 0.2) is 91.0 Å². The number of carbonyl (C=O) groups is 4. The van der Waals surface area contributed by atoms with E-state index in [1.807, 2.05) is 78.9 Å². The maximum Gasteiger partial charge on any atom is 0.407 e. The number of ether oxygens (including phenoxy) is 2. The highest BCUT2D eigenvalue weighted by molar-refractivity contribution is 7.98. The van der Waals surface area contributed by atoms with Gasteiger partial charge in [0.25, 0.3) is 0 Å². The molecule has 2 aliphatic heterocycles. The zero-order chi connectivity index (χ0) is 36.3. The number of likely N-dealkylation sites (tertiary alicyclic amines) is 1. The quantitative estimate of drug-likeness (QED) is 0.182. The van der Waals surface area contributed by atoms with Gasteiger partial charge in [0, 0.05) is 30.4 Å². The number of thioether (sulfide) groups is 1. The Kier molecular flexibility index (Phi) is 13.0. The predicted octanol–water partition coefficient (Wildman–Crippen LogP) is 5.58. The Bertz CT molecular complexity index is 1690. The first kappa shape index (κ1) is 37.2. The molecular weight excluding hydrogens is 679 g/mol. The molecule has 6 rings (SSSR count). The Balaban J connectivity index is 1.11. The molecule has 3 N–H and O–H groups in total. The molecule has 0 spiro atoms. The smallest absolute Gasteiger partial charge is 0.407 e. The van der Waals surface area contributed by atoms with Crippen molar-refractivity contribution in [2.45, 2.75) is 68.3 Å². The van der Waals surface area contributed by atoms with E-state index in [2.05, 4.69) is 22.8 Å². The van der Waals surface area contributed by atoms with E-state index < -0.39 is 30.1 Å². The van der Waals surface area contributed by atoms with Crippen molar-refractivity contribution in [2.24, 2.45) is 5.92 Å². The largest absolute Gasteiger partial charge is 0.462 e. The van der Waals surface area contributed by atoms with Crippen molar-refractivity contribution < 1.29 is 33.8 Å². The van der Waals surface area contributed by atoms with Crippen LogP contribution in [-0.2, 0) is 29.6 Å². The van der Waals surface area contributed by atoms with Crippen molar-refractivity contribution in [3.05, 3.63) is 108 Å². The number of nitrogens with one attached hydrogen (secondary N) is 2. The maximum atomic E-state index is 13.7. The number of allylic oxidation sites excluding steroid dienone is 2. The first-order valence-electron chi connectivity index (χ1n) is 18.2. The number of benzene rings is 3. The highest BCUT2D eigenvalue weighted by Crippen LogP contribution is 2.44. The lowest BCUT2D eigenvalue weighted by Gasteiger charge is -2.26. The molecule has 11 heteroatoms. The number of hydrogen-bond acceptors (Lipinski definition) is 8. The predicted molar refractivity (Wildman–Crippen MR) is 200 cm³/mol. The lowest BCUT2D eigenvalue weighted by molar-refractivity contribution is -0.147. The van der Waals surface area contributed by atoms with Crippen molar-refractivity contribution in [2.75, 3.05) is 32.1 Å². The normalized spacial score (nSPS) is 22.2. The average molecular weight is 726 g/mol. The minimum absolute atomic E-state index is 0.0162. The number of esters is 1. The van der Waals surface area contributed by atoms with Gasteiger partial charge in [-0.25, -0.2) is 9.59 Å². The van der Waals surface area contributed by atoms with Crippen LogP contribution in [0.1, 0.15) is 61.1 Å². The van der Waals surface area contributed by atoms with E-state index in [0.717, 1.165) is 40.7 Å². The molecule has 1 saturated heterocycles. The minimum atomic E-state index is -0.961. The summed E-state index contributed by atoms with van der Waals surface area (Å²) in [4.78, 5) is 55.3. The second-order valence-corrected chi connectivity index (χ2v) is 14.6. The van der Waals surface area contributed by atoms with Crippen molar-refractivity contribution in [3.63, 3.8) is 0 Å². The standard InChI is InChI=1S/C41H47N3O7S/c45-23-31-15-11-21-44(31)38(46)22-29-14-5-2-6-20-37(40(48)50-24-30(42-39(29)47)27-52-26-28-12-3-1-4-13-28)43-41(49)51-25-36-34-18-9-7-16-32(34)33-17-8-10-19-35(33)36/h1-5,7-10,12-13,16-19,29-31,36-37,45H,6,11,14-15,20-27H2,(H,42,47)(H,43,49)/t29-,30-,31+,37+/m1/s1. The van der Waals surface area contributed by atoms with Gasteiger partial charge in [-0.05, 0) is 59.9 Å². The summed E-state index contributed by atoms with van der Waals surface area (Å²) in [5.74, 6) is -0.621. The van der Waals surface area contributed by atoms with Crippen LogP contribution < -0.4 is 10.6 Å². The highest BCUT2D eigenvalue weighted by Gasteiger charge is 2.33. The number of hydrogen-bond donors (Lipinski definition) is 3. The number of nitrogens with zero attached hydrogens (tertiary/aromatic N) is 1. The second-order valence-electron chi connectivity index (χ2n) is 13.6. The first-order valence-corrected chi connectivity index (χ1v) is 19.3. The molecule has 0 aromatic heterocycles. The van der Waals surface area contributed by atoms with E-state index in [1.54, 1.807) is 16.7 Å². The molecule has 3 amide bonds. The van der Waals surface area contributed by atoms with E-state index >= 15 is 0 Å². The minimum Gasteiger partial charge on any atom is -0.462 e. The maximum absolute atomic E-state index is 13.7. The summed E-state index contributed by atoms with van der Waals surface area (Å²) >= 11 is 1.60. The lowest BCUT2D eigenvalue weighted by atomic mass is 9.98. The Labute approximate surface area is 309 Å². The lowest BCUT2D eigenvalue weighted by Crippen LogP contribution is -2.47. The second kappa shape index (κ2) is 18.2. The summed E-state index contributed by atoms with van der Waals surface area (Å²) < 4.78 is 11.5. The molecular formula is C41H47N3O7S. The van der Waals surface area contributed by atoms with Crippen molar-refractivity contribution >= 4 is 35.6 Å². The summed E-state index contributed by atoms with van der Waals surface area (Å²) in [6.45, 7) is 0.494. The van der Waals surface area contributed by atoms with E-state index in [9.17, 15) is 24.3 Å². The van der Waals surface area contributed by atoms with Gasteiger partial charge in [0.1, 0.15) is 19.3 Å². The molecule has 52 heavy (non-hydrogen) atoms. The zero-order valence-corrected chi connectivity index (χ0v) is 30.1. The molecule has 3 aliphatic rings. The summed E-state index contributed by atoms with van der Waals surface area (Å²) in [5.41, 5.74) is 5.56. The summed E-state index contributed by atoms with van der Waals surface area (Å²) in [5, 5.41) is 15.6.